The maximum absolute atomic E-state index is 12.9. The van der Waals surface area contributed by atoms with E-state index in [0.29, 0.717) is 16.1 Å². The lowest BCUT2D eigenvalue weighted by Gasteiger charge is -2.06. The summed E-state index contributed by atoms with van der Waals surface area (Å²) in [6, 6.07) is 12.5. The summed E-state index contributed by atoms with van der Waals surface area (Å²) in [6.45, 7) is 0.0157. The van der Waals surface area contributed by atoms with E-state index in [4.69, 9.17) is 16.3 Å². The third kappa shape index (κ3) is 3.08. The minimum atomic E-state index is -0.523. The molecule has 0 saturated heterocycles. The topological polar surface area (TPSA) is 26.3 Å². The van der Waals surface area contributed by atoms with Gasteiger partial charge in [-0.05, 0) is 29.8 Å². The Morgan fingerprint density at radius 3 is 2.67 bits per heavy atom. The third-order valence-corrected chi connectivity index (χ3v) is 2.68. The van der Waals surface area contributed by atoms with Crippen molar-refractivity contribution in [3.63, 3.8) is 0 Å². The summed E-state index contributed by atoms with van der Waals surface area (Å²) in [4.78, 5) is 11.7. The summed E-state index contributed by atoms with van der Waals surface area (Å²) in [7, 11) is 0. The highest BCUT2D eigenvalue weighted by molar-refractivity contribution is 6.33. The van der Waals surface area contributed by atoms with Crippen molar-refractivity contribution in [2.45, 2.75) is 6.61 Å². The van der Waals surface area contributed by atoms with Crippen molar-refractivity contribution in [3.05, 3.63) is 70.5 Å². The number of benzene rings is 2. The standard InChI is InChI=1S/C14H10ClFO2/c15-13-7-2-1-6-12(13)14(17)18-9-10-4-3-5-11(16)8-10/h1-8H,9H2. The van der Waals surface area contributed by atoms with Gasteiger partial charge in [-0.15, -0.1) is 0 Å². The molecule has 0 atom stereocenters. The van der Waals surface area contributed by atoms with Crippen molar-refractivity contribution in [3.8, 4) is 0 Å². The Bertz CT molecular complexity index is 569. The Labute approximate surface area is 109 Å². The molecule has 2 nitrogen and oxygen atoms in total. The molecule has 92 valence electrons. The fourth-order valence-corrected chi connectivity index (χ4v) is 1.69. The van der Waals surface area contributed by atoms with Crippen molar-refractivity contribution in [1.29, 1.82) is 0 Å². The average Bonchev–Trinajstić information content (AvgIpc) is 2.37. The average molecular weight is 265 g/mol. The molecule has 0 aromatic heterocycles. The Morgan fingerprint density at radius 2 is 1.94 bits per heavy atom. The van der Waals surface area contributed by atoms with Gasteiger partial charge in [-0.3, -0.25) is 0 Å². The van der Waals surface area contributed by atoms with Crippen LogP contribution in [0.1, 0.15) is 15.9 Å². The monoisotopic (exact) mass is 264 g/mol. The van der Waals surface area contributed by atoms with Crippen LogP contribution < -0.4 is 0 Å². The quantitative estimate of drug-likeness (QED) is 0.788. The lowest BCUT2D eigenvalue weighted by molar-refractivity contribution is 0.0472. The SMILES string of the molecule is O=C(OCc1cccc(F)c1)c1ccccc1Cl. The minimum Gasteiger partial charge on any atom is -0.457 e. The van der Waals surface area contributed by atoms with Gasteiger partial charge in [0, 0.05) is 0 Å². The molecule has 0 radical (unpaired) electrons. The van der Waals surface area contributed by atoms with E-state index in [-0.39, 0.29) is 12.4 Å². The first kappa shape index (κ1) is 12.6. The lowest BCUT2D eigenvalue weighted by Crippen LogP contribution is -2.05. The maximum atomic E-state index is 12.9. The van der Waals surface area contributed by atoms with Crippen LogP contribution in [0.2, 0.25) is 5.02 Å². The van der Waals surface area contributed by atoms with Gasteiger partial charge in [-0.2, -0.15) is 0 Å². The van der Waals surface area contributed by atoms with Crippen LogP contribution in [0.4, 0.5) is 4.39 Å². The zero-order valence-corrected chi connectivity index (χ0v) is 10.2. The second-order valence-corrected chi connectivity index (χ2v) is 4.09. The Kier molecular flexibility index (Phi) is 3.95. The number of hydrogen-bond acceptors (Lipinski definition) is 2. The second-order valence-electron chi connectivity index (χ2n) is 3.69. The molecule has 0 bridgehead atoms. The molecule has 18 heavy (non-hydrogen) atoms. The normalized spacial score (nSPS) is 10.1. The van der Waals surface area contributed by atoms with Crippen LogP contribution in [-0.2, 0) is 11.3 Å². The van der Waals surface area contributed by atoms with E-state index in [1.807, 2.05) is 0 Å². The summed E-state index contributed by atoms with van der Waals surface area (Å²) in [6.07, 6.45) is 0. The van der Waals surface area contributed by atoms with E-state index in [0.717, 1.165) is 0 Å². The maximum Gasteiger partial charge on any atom is 0.339 e. The number of rotatable bonds is 3. The van der Waals surface area contributed by atoms with Crippen LogP contribution in [0.3, 0.4) is 0 Å². The third-order valence-electron chi connectivity index (χ3n) is 2.35. The molecule has 2 aromatic carbocycles. The van der Waals surface area contributed by atoms with Crippen molar-refractivity contribution in [1.82, 2.24) is 0 Å². The first-order valence-corrected chi connectivity index (χ1v) is 5.71. The van der Waals surface area contributed by atoms with Crippen LogP contribution in [0, 0.1) is 5.82 Å². The highest BCUT2D eigenvalue weighted by Gasteiger charge is 2.10. The van der Waals surface area contributed by atoms with Gasteiger partial charge in [0.2, 0.25) is 0 Å². The molecule has 0 fully saturated rings. The molecule has 0 spiro atoms. The van der Waals surface area contributed by atoms with E-state index in [1.165, 1.54) is 12.1 Å². The summed E-state index contributed by atoms with van der Waals surface area (Å²) >= 11 is 5.87. The van der Waals surface area contributed by atoms with Gasteiger partial charge in [0.25, 0.3) is 0 Å². The van der Waals surface area contributed by atoms with Crippen LogP contribution in [0.25, 0.3) is 0 Å². The molecule has 2 rings (SSSR count). The first-order valence-electron chi connectivity index (χ1n) is 5.33. The zero-order valence-electron chi connectivity index (χ0n) is 9.40. The predicted molar refractivity (Wildman–Crippen MR) is 67.0 cm³/mol. The Hall–Kier alpha value is -1.87. The molecule has 0 saturated carbocycles. The molecule has 0 amide bonds. The van der Waals surface area contributed by atoms with Gasteiger partial charge in [0.05, 0.1) is 10.6 Å². The molecule has 0 N–H and O–H groups in total. The van der Waals surface area contributed by atoms with Gasteiger partial charge >= 0.3 is 5.97 Å². The van der Waals surface area contributed by atoms with Gasteiger partial charge in [-0.25, -0.2) is 9.18 Å². The van der Waals surface area contributed by atoms with E-state index < -0.39 is 5.97 Å². The van der Waals surface area contributed by atoms with Crippen molar-refractivity contribution in [2.24, 2.45) is 0 Å². The van der Waals surface area contributed by atoms with Crippen LogP contribution in [0.15, 0.2) is 48.5 Å². The molecule has 0 aliphatic heterocycles. The minimum absolute atomic E-state index is 0.0157. The number of carbonyl (C=O) groups excluding carboxylic acids is 1. The fourth-order valence-electron chi connectivity index (χ4n) is 1.48. The van der Waals surface area contributed by atoms with Gasteiger partial charge in [-0.1, -0.05) is 35.9 Å². The zero-order chi connectivity index (χ0) is 13.0. The molecule has 2 aromatic rings. The fraction of sp³-hybridized carbons (Fsp3) is 0.0714. The summed E-state index contributed by atoms with van der Waals surface area (Å²) < 4.78 is 18.0. The highest BCUT2D eigenvalue weighted by Crippen LogP contribution is 2.16. The van der Waals surface area contributed by atoms with Gasteiger partial charge < -0.3 is 4.74 Å². The van der Waals surface area contributed by atoms with Gasteiger partial charge in [0.15, 0.2) is 0 Å². The van der Waals surface area contributed by atoms with E-state index >= 15 is 0 Å². The Morgan fingerprint density at radius 1 is 1.17 bits per heavy atom. The lowest BCUT2D eigenvalue weighted by atomic mass is 10.2. The summed E-state index contributed by atoms with van der Waals surface area (Å²) in [5.74, 6) is -0.883. The van der Waals surface area contributed by atoms with E-state index in [1.54, 1.807) is 36.4 Å². The molecular weight excluding hydrogens is 255 g/mol. The summed E-state index contributed by atoms with van der Waals surface area (Å²) in [5.41, 5.74) is 0.894. The molecule has 0 aliphatic rings. The molecule has 0 unspecified atom stereocenters. The number of esters is 1. The van der Waals surface area contributed by atoms with Crippen molar-refractivity contribution < 1.29 is 13.9 Å². The van der Waals surface area contributed by atoms with Gasteiger partial charge in [0.1, 0.15) is 12.4 Å². The molecule has 0 heterocycles. The van der Waals surface area contributed by atoms with E-state index in [2.05, 4.69) is 0 Å². The second kappa shape index (κ2) is 5.65. The number of halogens is 2. The summed E-state index contributed by atoms with van der Waals surface area (Å²) in [5, 5.41) is 0.335. The molecule has 0 aliphatic carbocycles. The Balaban J connectivity index is 2.03. The van der Waals surface area contributed by atoms with Crippen molar-refractivity contribution >= 4 is 17.6 Å². The first-order chi connectivity index (χ1) is 8.66. The van der Waals surface area contributed by atoms with Crippen molar-refractivity contribution in [2.75, 3.05) is 0 Å². The molecule has 4 heteroatoms. The van der Waals surface area contributed by atoms with Crippen LogP contribution in [0.5, 0.6) is 0 Å². The smallest absolute Gasteiger partial charge is 0.339 e. The van der Waals surface area contributed by atoms with Crippen LogP contribution in [-0.4, -0.2) is 5.97 Å². The number of carbonyl (C=O) groups is 1. The largest absolute Gasteiger partial charge is 0.457 e. The van der Waals surface area contributed by atoms with E-state index in [9.17, 15) is 9.18 Å². The highest BCUT2D eigenvalue weighted by atomic mass is 35.5. The number of hydrogen-bond donors (Lipinski definition) is 0. The number of ether oxygens (including phenoxy) is 1. The van der Waals surface area contributed by atoms with Crippen LogP contribution >= 0.6 is 11.6 Å². The predicted octanol–water partition coefficient (Wildman–Crippen LogP) is 3.84. The molecular formula is C14H10ClFO2.